The summed E-state index contributed by atoms with van der Waals surface area (Å²) in [7, 11) is 0. The number of hydrogen-bond acceptors (Lipinski definition) is 3. The van der Waals surface area contributed by atoms with Gasteiger partial charge in [-0.2, -0.15) is 0 Å². The minimum Gasteiger partial charge on any atom is -0.494 e. The number of nitrogens with zero attached hydrogens (tertiary/aromatic N) is 2. The summed E-state index contributed by atoms with van der Waals surface area (Å²) in [5.74, 6) is 3.18. The van der Waals surface area contributed by atoms with Gasteiger partial charge in [0.25, 0.3) is 0 Å². The Morgan fingerprint density at radius 2 is 1.72 bits per heavy atom. The summed E-state index contributed by atoms with van der Waals surface area (Å²) in [6.07, 6.45) is 1.01. The second-order valence-electron chi connectivity index (χ2n) is 8.58. The van der Waals surface area contributed by atoms with E-state index in [0.717, 1.165) is 47.9 Å². The van der Waals surface area contributed by atoms with Crippen LogP contribution in [0.2, 0.25) is 0 Å². The van der Waals surface area contributed by atoms with Gasteiger partial charge >= 0.3 is 0 Å². The van der Waals surface area contributed by atoms with Crippen molar-refractivity contribution < 1.29 is 9.47 Å². The van der Waals surface area contributed by atoms with E-state index in [4.69, 9.17) is 14.5 Å². The molecule has 32 heavy (non-hydrogen) atoms. The highest BCUT2D eigenvalue weighted by atomic mass is 16.5. The molecule has 0 bridgehead atoms. The number of fused-ring (bicyclic) bond motifs is 1. The van der Waals surface area contributed by atoms with Crippen molar-refractivity contribution >= 4 is 11.0 Å². The van der Waals surface area contributed by atoms with Crippen LogP contribution < -0.4 is 9.47 Å². The molecule has 0 aliphatic rings. The van der Waals surface area contributed by atoms with Gasteiger partial charge in [0, 0.05) is 6.54 Å². The first-order valence-corrected chi connectivity index (χ1v) is 11.4. The zero-order valence-corrected chi connectivity index (χ0v) is 19.5. The van der Waals surface area contributed by atoms with Crippen LogP contribution in [-0.4, -0.2) is 16.2 Å². The Morgan fingerprint density at radius 1 is 0.938 bits per heavy atom. The molecule has 3 aromatic carbocycles. The van der Waals surface area contributed by atoms with E-state index in [1.54, 1.807) is 0 Å². The summed E-state index contributed by atoms with van der Waals surface area (Å²) in [6.45, 7) is 10.5. The lowest BCUT2D eigenvalue weighted by atomic mass is 10.0. The van der Waals surface area contributed by atoms with Crippen molar-refractivity contribution in [3.05, 3.63) is 89.2 Å². The fourth-order valence-electron chi connectivity index (χ4n) is 3.89. The fraction of sp³-hybridized carbons (Fsp3) is 0.321. The van der Waals surface area contributed by atoms with Gasteiger partial charge in [0.1, 0.15) is 23.9 Å². The number of benzene rings is 3. The molecule has 0 aliphatic heterocycles. The molecule has 0 unspecified atom stereocenters. The monoisotopic (exact) mass is 428 g/mol. The van der Waals surface area contributed by atoms with Crippen molar-refractivity contribution in [3.63, 3.8) is 0 Å². The predicted molar refractivity (Wildman–Crippen MR) is 131 cm³/mol. The third-order valence-electron chi connectivity index (χ3n) is 5.62. The zero-order valence-electron chi connectivity index (χ0n) is 19.5. The third kappa shape index (κ3) is 4.96. The molecule has 0 aliphatic carbocycles. The molecule has 166 valence electrons. The molecule has 1 aromatic heterocycles. The maximum Gasteiger partial charge on any atom is 0.148 e. The van der Waals surface area contributed by atoms with Crippen LogP contribution in [0, 0.1) is 6.92 Å². The molecule has 1 heterocycles. The second kappa shape index (κ2) is 9.90. The number of ether oxygens (including phenoxy) is 2. The Balaban J connectivity index is 1.60. The van der Waals surface area contributed by atoms with E-state index < -0.39 is 0 Å². The lowest BCUT2D eigenvalue weighted by Gasteiger charge is -2.16. The highest BCUT2D eigenvalue weighted by Crippen LogP contribution is 2.29. The molecular formula is C28H32N2O2. The average Bonchev–Trinajstić information content (AvgIpc) is 3.14. The Morgan fingerprint density at radius 3 is 2.47 bits per heavy atom. The molecule has 0 radical (unpaired) electrons. The molecule has 0 atom stereocenters. The molecule has 0 N–H and O–H groups in total. The Hall–Kier alpha value is -3.27. The van der Waals surface area contributed by atoms with Crippen molar-refractivity contribution in [2.45, 2.75) is 53.2 Å². The van der Waals surface area contributed by atoms with Gasteiger partial charge < -0.3 is 14.0 Å². The number of rotatable bonds is 9. The highest BCUT2D eigenvalue weighted by molar-refractivity contribution is 5.76. The minimum atomic E-state index is 0.401. The minimum absolute atomic E-state index is 0.401. The summed E-state index contributed by atoms with van der Waals surface area (Å²) in [5, 5.41) is 0. The van der Waals surface area contributed by atoms with E-state index in [1.165, 1.54) is 16.7 Å². The SMILES string of the molecule is CCCOc1ccc(Cn2c(COc3cc(C)ccc3C(C)C)nc3ccccc32)cc1. The number of aromatic nitrogens is 2. The largest absolute Gasteiger partial charge is 0.494 e. The lowest BCUT2D eigenvalue weighted by Crippen LogP contribution is -2.09. The number of aryl methyl sites for hydroxylation is 1. The van der Waals surface area contributed by atoms with Crippen LogP contribution in [0.4, 0.5) is 0 Å². The van der Waals surface area contributed by atoms with Gasteiger partial charge in [0.2, 0.25) is 0 Å². The second-order valence-corrected chi connectivity index (χ2v) is 8.58. The van der Waals surface area contributed by atoms with Crippen LogP contribution in [0.1, 0.15) is 55.6 Å². The fourth-order valence-corrected chi connectivity index (χ4v) is 3.89. The summed E-state index contributed by atoms with van der Waals surface area (Å²) in [5.41, 5.74) is 5.73. The third-order valence-corrected chi connectivity index (χ3v) is 5.62. The van der Waals surface area contributed by atoms with Crippen molar-refractivity contribution in [2.75, 3.05) is 6.61 Å². The van der Waals surface area contributed by atoms with Crippen LogP contribution in [0.5, 0.6) is 11.5 Å². The van der Waals surface area contributed by atoms with Gasteiger partial charge in [0.05, 0.1) is 17.6 Å². The van der Waals surface area contributed by atoms with E-state index in [1.807, 2.05) is 18.2 Å². The van der Waals surface area contributed by atoms with Gasteiger partial charge in [-0.15, -0.1) is 0 Å². The summed E-state index contributed by atoms with van der Waals surface area (Å²) >= 11 is 0. The smallest absolute Gasteiger partial charge is 0.148 e. The molecule has 0 amide bonds. The van der Waals surface area contributed by atoms with Gasteiger partial charge in [-0.05, 0) is 66.3 Å². The first-order valence-electron chi connectivity index (χ1n) is 11.4. The summed E-state index contributed by atoms with van der Waals surface area (Å²) in [6, 6.07) is 23.0. The van der Waals surface area contributed by atoms with E-state index >= 15 is 0 Å². The topological polar surface area (TPSA) is 36.3 Å². The van der Waals surface area contributed by atoms with Crippen LogP contribution in [0.25, 0.3) is 11.0 Å². The molecule has 0 saturated heterocycles. The Kier molecular flexibility index (Phi) is 6.79. The molecule has 4 nitrogen and oxygen atoms in total. The van der Waals surface area contributed by atoms with E-state index in [2.05, 4.69) is 80.8 Å². The van der Waals surface area contributed by atoms with Crippen molar-refractivity contribution in [2.24, 2.45) is 0 Å². The molecule has 4 heteroatoms. The highest BCUT2D eigenvalue weighted by Gasteiger charge is 2.14. The Labute approximate surface area is 190 Å². The predicted octanol–water partition coefficient (Wildman–Crippen LogP) is 6.88. The van der Waals surface area contributed by atoms with Gasteiger partial charge in [-0.25, -0.2) is 4.98 Å². The van der Waals surface area contributed by atoms with Gasteiger partial charge in [-0.1, -0.05) is 57.2 Å². The van der Waals surface area contributed by atoms with Crippen molar-refractivity contribution in [3.8, 4) is 11.5 Å². The van der Waals surface area contributed by atoms with Crippen LogP contribution >= 0.6 is 0 Å². The zero-order chi connectivity index (χ0) is 22.5. The first-order chi connectivity index (χ1) is 15.5. The van der Waals surface area contributed by atoms with Crippen LogP contribution in [0.15, 0.2) is 66.7 Å². The van der Waals surface area contributed by atoms with E-state index in [-0.39, 0.29) is 0 Å². The standard InChI is InChI=1S/C28H32N2O2/c1-5-16-31-23-13-11-22(12-14-23)18-30-26-9-7-6-8-25(26)29-28(30)19-32-27-17-21(4)10-15-24(27)20(2)3/h6-15,17,20H,5,16,18-19H2,1-4H3. The van der Waals surface area contributed by atoms with Crippen molar-refractivity contribution in [1.29, 1.82) is 0 Å². The number of imidazole rings is 1. The molecule has 0 saturated carbocycles. The molecule has 0 spiro atoms. The number of hydrogen-bond donors (Lipinski definition) is 0. The average molecular weight is 429 g/mol. The van der Waals surface area contributed by atoms with E-state index in [0.29, 0.717) is 12.5 Å². The molecule has 4 rings (SSSR count). The lowest BCUT2D eigenvalue weighted by molar-refractivity contribution is 0.287. The maximum atomic E-state index is 6.33. The summed E-state index contributed by atoms with van der Waals surface area (Å²) < 4.78 is 14.3. The Bertz CT molecular complexity index is 1180. The molecule has 4 aromatic rings. The quantitative estimate of drug-likeness (QED) is 0.291. The maximum absolute atomic E-state index is 6.33. The van der Waals surface area contributed by atoms with Crippen LogP contribution in [-0.2, 0) is 13.2 Å². The normalized spacial score (nSPS) is 11.3. The number of para-hydroxylation sites is 2. The van der Waals surface area contributed by atoms with E-state index in [9.17, 15) is 0 Å². The van der Waals surface area contributed by atoms with Gasteiger partial charge in [0.15, 0.2) is 0 Å². The van der Waals surface area contributed by atoms with Gasteiger partial charge in [-0.3, -0.25) is 0 Å². The molecule has 0 fully saturated rings. The molecular weight excluding hydrogens is 396 g/mol. The van der Waals surface area contributed by atoms with Crippen LogP contribution in [0.3, 0.4) is 0 Å². The summed E-state index contributed by atoms with van der Waals surface area (Å²) in [4.78, 5) is 4.89. The first kappa shape index (κ1) is 21.9. The van der Waals surface area contributed by atoms with Crippen molar-refractivity contribution in [1.82, 2.24) is 9.55 Å².